The van der Waals surface area contributed by atoms with Crippen LogP contribution in [0.5, 0.6) is 11.5 Å². The summed E-state index contributed by atoms with van der Waals surface area (Å²) in [7, 11) is 1.44. The topological polar surface area (TPSA) is 88.9 Å². The van der Waals surface area contributed by atoms with Gasteiger partial charge in [-0.1, -0.05) is 36.7 Å². The van der Waals surface area contributed by atoms with Gasteiger partial charge in [0.2, 0.25) is 0 Å². The summed E-state index contributed by atoms with van der Waals surface area (Å²) in [6.45, 7) is 4.08. The minimum absolute atomic E-state index is 0.133. The molecule has 0 fully saturated rings. The first-order chi connectivity index (χ1) is 14.9. The number of amides is 1. The maximum atomic E-state index is 12.9. The van der Waals surface area contributed by atoms with E-state index >= 15 is 0 Å². The van der Waals surface area contributed by atoms with Crippen LogP contribution in [-0.2, 0) is 9.53 Å². The Hall–Kier alpha value is -3.24. The summed E-state index contributed by atoms with van der Waals surface area (Å²) < 4.78 is 16.3. The van der Waals surface area contributed by atoms with Crippen LogP contribution in [0.15, 0.2) is 42.5 Å². The molecule has 2 aromatic carbocycles. The fourth-order valence-corrected chi connectivity index (χ4v) is 3.08. The first-order valence-electron chi connectivity index (χ1n) is 9.87. The molecule has 1 amide bonds. The molecule has 0 spiro atoms. The predicted octanol–water partition coefficient (Wildman–Crippen LogP) is 4.63. The zero-order chi connectivity index (χ0) is 22.8. The van der Waals surface area contributed by atoms with Crippen molar-refractivity contribution in [3.8, 4) is 17.6 Å². The molecule has 0 heterocycles. The monoisotopic (exact) mass is 444 g/mol. The number of hydrogen-bond acceptors (Lipinski definition) is 6. The van der Waals surface area contributed by atoms with E-state index in [0.29, 0.717) is 23.8 Å². The Bertz CT molecular complexity index is 943. The first kappa shape index (κ1) is 24.0. The molecule has 0 bridgehead atoms. The number of rotatable bonds is 10. The van der Waals surface area contributed by atoms with Gasteiger partial charge in [0, 0.05) is 12.2 Å². The maximum Gasteiger partial charge on any atom is 0.339 e. The molecule has 8 heteroatoms. The molecule has 0 saturated carbocycles. The second-order valence-electron chi connectivity index (χ2n) is 6.62. The molecule has 0 saturated heterocycles. The molecule has 0 N–H and O–H groups in total. The molecule has 164 valence electrons. The van der Waals surface area contributed by atoms with Gasteiger partial charge in [-0.3, -0.25) is 4.79 Å². The van der Waals surface area contributed by atoms with Gasteiger partial charge in [0.15, 0.2) is 17.6 Å². The van der Waals surface area contributed by atoms with Gasteiger partial charge in [0.05, 0.1) is 36.8 Å². The SMILES string of the molecule is CCCOc1c(Cl)cc(C(=O)OC(C)C(=O)N(CCC#N)c2ccccc2)cc1OC. The number of anilines is 1. The molecule has 1 atom stereocenters. The summed E-state index contributed by atoms with van der Waals surface area (Å²) >= 11 is 6.26. The number of nitriles is 1. The number of nitrogens with zero attached hydrogens (tertiary/aromatic N) is 2. The van der Waals surface area contributed by atoms with E-state index in [-0.39, 0.29) is 23.6 Å². The van der Waals surface area contributed by atoms with Gasteiger partial charge in [-0.05, 0) is 37.6 Å². The highest BCUT2D eigenvalue weighted by Gasteiger charge is 2.26. The Morgan fingerprint density at radius 2 is 1.94 bits per heavy atom. The zero-order valence-corrected chi connectivity index (χ0v) is 18.5. The van der Waals surface area contributed by atoms with Crippen molar-refractivity contribution in [3.05, 3.63) is 53.1 Å². The van der Waals surface area contributed by atoms with E-state index in [9.17, 15) is 9.59 Å². The largest absolute Gasteiger partial charge is 0.493 e. The van der Waals surface area contributed by atoms with Crippen LogP contribution < -0.4 is 14.4 Å². The maximum absolute atomic E-state index is 12.9. The van der Waals surface area contributed by atoms with Crippen LogP contribution >= 0.6 is 11.6 Å². The fourth-order valence-electron chi connectivity index (χ4n) is 2.82. The normalized spacial score (nSPS) is 11.2. The van der Waals surface area contributed by atoms with E-state index < -0.39 is 18.0 Å². The van der Waals surface area contributed by atoms with E-state index in [2.05, 4.69) is 0 Å². The highest BCUT2D eigenvalue weighted by molar-refractivity contribution is 6.32. The lowest BCUT2D eigenvalue weighted by Gasteiger charge is -2.25. The van der Waals surface area contributed by atoms with E-state index in [0.717, 1.165) is 6.42 Å². The lowest BCUT2D eigenvalue weighted by Crippen LogP contribution is -2.40. The quantitative estimate of drug-likeness (QED) is 0.496. The number of halogens is 1. The van der Waals surface area contributed by atoms with Gasteiger partial charge >= 0.3 is 5.97 Å². The summed E-state index contributed by atoms with van der Waals surface area (Å²) in [4.78, 5) is 27.1. The fraction of sp³-hybridized carbons (Fsp3) is 0.348. The Labute approximate surface area is 187 Å². The lowest BCUT2D eigenvalue weighted by atomic mass is 10.2. The summed E-state index contributed by atoms with van der Waals surface area (Å²) in [5, 5.41) is 9.13. The molecule has 0 aliphatic heterocycles. The zero-order valence-electron chi connectivity index (χ0n) is 17.8. The van der Waals surface area contributed by atoms with Gasteiger partial charge in [-0.2, -0.15) is 5.26 Å². The highest BCUT2D eigenvalue weighted by atomic mass is 35.5. The first-order valence-corrected chi connectivity index (χ1v) is 10.2. The average molecular weight is 445 g/mol. The summed E-state index contributed by atoms with van der Waals surface area (Å²) in [6.07, 6.45) is -0.146. The highest BCUT2D eigenvalue weighted by Crippen LogP contribution is 2.36. The van der Waals surface area contributed by atoms with Crippen molar-refractivity contribution in [1.29, 1.82) is 5.26 Å². The van der Waals surface area contributed by atoms with Crippen LogP contribution in [0.3, 0.4) is 0 Å². The second-order valence-corrected chi connectivity index (χ2v) is 7.03. The van der Waals surface area contributed by atoms with Crippen LogP contribution in [0.4, 0.5) is 5.69 Å². The molecular formula is C23H25ClN2O5. The Kier molecular flexibility index (Phi) is 9.16. The third-order valence-corrected chi connectivity index (χ3v) is 4.61. The van der Waals surface area contributed by atoms with Crippen molar-refractivity contribution in [2.75, 3.05) is 25.2 Å². The van der Waals surface area contributed by atoms with Gasteiger partial charge < -0.3 is 19.1 Å². The van der Waals surface area contributed by atoms with Crippen LogP contribution in [-0.4, -0.2) is 38.2 Å². The van der Waals surface area contributed by atoms with Crippen LogP contribution in [0.25, 0.3) is 0 Å². The van der Waals surface area contributed by atoms with Crippen molar-refractivity contribution in [1.82, 2.24) is 0 Å². The number of para-hydroxylation sites is 1. The molecular weight excluding hydrogens is 420 g/mol. The smallest absolute Gasteiger partial charge is 0.339 e. The molecule has 0 aliphatic carbocycles. The van der Waals surface area contributed by atoms with Crippen LogP contribution in [0.1, 0.15) is 37.0 Å². The molecule has 7 nitrogen and oxygen atoms in total. The van der Waals surface area contributed by atoms with E-state index in [1.807, 2.05) is 19.1 Å². The average Bonchev–Trinajstić information content (AvgIpc) is 2.78. The Morgan fingerprint density at radius 3 is 2.55 bits per heavy atom. The molecule has 2 rings (SSSR count). The number of carbonyl (C=O) groups is 2. The van der Waals surface area contributed by atoms with Gasteiger partial charge in [0.1, 0.15) is 0 Å². The third-order valence-electron chi connectivity index (χ3n) is 4.33. The van der Waals surface area contributed by atoms with Crippen molar-refractivity contribution >= 4 is 29.2 Å². The summed E-state index contributed by atoms with van der Waals surface area (Å²) in [5.41, 5.74) is 0.751. The van der Waals surface area contributed by atoms with Crippen LogP contribution in [0, 0.1) is 11.3 Å². The lowest BCUT2D eigenvalue weighted by molar-refractivity contribution is -0.126. The van der Waals surface area contributed by atoms with Crippen molar-refractivity contribution in [3.63, 3.8) is 0 Å². The number of ether oxygens (including phenoxy) is 3. The predicted molar refractivity (Wildman–Crippen MR) is 118 cm³/mol. The molecule has 1 unspecified atom stereocenters. The standard InChI is InChI=1S/C23H25ClN2O5/c1-4-13-30-21-19(24)14-17(15-20(21)29-3)23(28)31-16(2)22(27)26(12-8-11-25)18-9-6-5-7-10-18/h5-7,9-10,14-16H,4,8,12-13H2,1-3H3. The molecule has 0 aromatic heterocycles. The third kappa shape index (κ3) is 6.37. The Balaban J connectivity index is 2.19. The van der Waals surface area contributed by atoms with Crippen LogP contribution in [0.2, 0.25) is 5.02 Å². The number of carbonyl (C=O) groups excluding carboxylic acids is 2. The summed E-state index contributed by atoms with van der Waals surface area (Å²) in [6, 6.07) is 13.8. The number of esters is 1. The summed E-state index contributed by atoms with van der Waals surface area (Å²) in [5.74, 6) is -0.516. The number of benzene rings is 2. The molecule has 2 aromatic rings. The second kappa shape index (κ2) is 11.8. The van der Waals surface area contributed by atoms with Crippen molar-refractivity contribution in [2.45, 2.75) is 32.8 Å². The van der Waals surface area contributed by atoms with Crippen molar-refractivity contribution < 1.29 is 23.8 Å². The van der Waals surface area contributed by atoms with Gasteiger partial charge in [-0.15, -0.1) is 0 Å². The van der Waals surface area contributed by atoms with Crippen molar-refractivity contribution in [2.24, 2.45) is 0 Å². The van der Waals surface area contributed by atoms with Gasteiger partial charge in [0.25, 0.3) is 5.91 Å². The van der Waals surface area contributed by atoms with E-state index in [1.54, 1.807) is 24.3 Å². The number of hydrogen-bond donors (Lipinski definition) is 0. The minimum atomic E-state index is -1.08. The van der Waals surface area contributed by atoms with E-state index in [1.165, 1.54) is 31.1 Å². The molecule has 0 radical (unpaired) electrons. The minimum Gasteiger partial charge on any atom is -0.493 e. The Morgan fingerprint density at radius 1 is 1.23 bits per heavy atom. The van der Waals surface area contributed by atoms with Gasteiger partial charge in [-0.25, -0.2) is 4.79 Å². The molecule has 0 aliphatic rings. The molecule has 31 heavy (non-hydrogen) atoms. The number of methoxy groups -OCH3 is 1. The van der Waals surface area contributed by atoms with E-state index in [4.69, 9.17) is 31.1 Å².